The van der Waals surface area contributed by atoms with E-state index in [0.29, 0.717) is 18.7 Å². The van der Waals surface area contributed by atoms with Gasteiger partial charge in [0, 0.05) is 36.5 Å². The molecule has 0 atom stereocenters. The fourth-order valence-electron chi connectivity index (χ4n) is 2.00. The Morgan fingerprint density at radius 2 is 2.00 bits per heavy atom. The van der Waals surface area contributed by atoms with Gasteiger partial charge in [-0.15, -0.1) is 0 Å². The summed E-state index contributed by atoms with van der Waals surface area (Å²) in [5.74, 6) is 0. The van der Waals surface area contributed by atoms with Gasteiger partial charge in [-0.05, 0) is 20.8 Å². The van der Waals surface area contributed by atoms with Gasteiger partial charge in [0.05, 0.1) is 16.7 Å². The van der Waals surface area contributed by atoms with Gasteiger partial charge in [0.2, 0.25) is 0 Å². The van der Waals surface area contributed by atoms with Crippen molar-refractivity contribution < 1.29 is 4.92 Å². The van der Waals surface area contributed by atoms with Crippen molar-refractivity contribution in [3.8, 4) is 0 Å². The molecule has 0 spiro atoms. The van der Waals surface area contributed by atoms with Crippen molar-refractivity contribution in [3.05, 3.63) is 57.9 Å². The SMILES string of the molecule is CC(C)(C)n1cc(CNCc2ccccc2[N+](=O)[O-])cn1. The molecule has 21 heavy (non-hydrogen) atoms. The molecular weight excluding hydrogens is 268 g/mol. The highest BCUT2D eigenvalue weighted by Gasteiger charge is 2.14. The van der Waals surface area contributed by atoms with Crippen LogP contribution >= 0.6 is 0 Å². The number of nitrogens with one attached hydrogen (secondary N) is 1. The van der Waals surface area contributed by atoms with Gasteiger partial charge in [-0.2, -0.15) is 5.10 Å². The molecule has 0 fully saturated rings. The second-order valence-electron chi connectivity index (χ2n) is 5.95. The van der Waals surface area contributed by atoms with E-state index in [-0.39, 0.29) is 16.1 Å². The minimum Gasteiger partial charge on any atom is -0.308 e. The highest BCUT2D eigenvalue weighted by molar-refractivity contribution is 5.39. The van der Waals surface area contributed by atoms with Gasteiger partial charge in [-0.1, -0.05) is 18.2 Å². The number of nitro groups is 1. The fraction of sp³-hybridized carbons (Fsp3) is 0.400. The van der Waals surface area contributed by atoms with Crippen LogP contribution in [0.2, 0.25) is 0 Å². The van der Waals surface area contributed by atoms with E-state index in [1.807, 2.05) is 23.1 Å². The summed E-state index contributed by atoms with van der Waals surface area (Å²) < 4.78 is 1.91. The second kappa shape index (κ2) is 6.05. The molecule has 0 aliphatic heterocycles. The zero-order valence-corrected chi connectivity index (χ0v) is 12.5. The van der Waals surface area contributed by atoms with Gasteiger partial charge >= 0.3 is 0 Å². The maximum absolute atomic E-state index is 10.9. The first-order valence-corrected chi connectivity index (χ1v) is 6.85. The van der Waals surface area contributed by atoms with E-state index in [1.165, 1.54) is 6.07 Å². The van der Waals surface area contributed by atoms with E-state index in [9.17, 15) is 10.1 Å². The number of benzene rings is 1. The molecule has 1 aromatic carbocycles. The Morgan fingerprint density at radius 3 is 2.62 bits per heavy atom. The largest absolute Gasteiger partial charge is 0.308 e. The predicted octanol–water partition coefficient (Wildman–Crippen LogP) is 2.84. The quantitative estimate of drug-likeness (QED) is 0.678. The van der Waals surface area contributed by atoms with E-state index < -0.39 is 0 Å². The first-order valence-electron chi connectivity index (χ1n) is 6.85. The van der Waals surface area contributed by atoms with Crippen LogP contribution in [-0.4, -0.2) is 14.7 Å². The predicted molar refractivity (Wildman–Crippen MR) is 80.9 cm³/mol. The molecule has 0 amide bonds. The van der Waals surface area contributed by atoms with E-state index in [0.717, 1.165) is 5.56 Å². The Kier molecular flexibility index (Phi) is 4.37. The zero-order valence-electron chi connectivity index (χ0n) is 12.5. The molecular formula is C15H20N4O2. The molecule has 0 aliphatic carbocycles. The van der Waals surface area contributed by atoms with Crippen molar-refractivity contribution in [1.82, 2.24) is 15.1 Å². The van der Waals surface area contributed by atoms with Crippen LogP contribution in [0.15, 0.2) is 36.7 Å². The smallest absolute Gasteiger partial charge is 0.273 e. The van der Waals surface area contributed by atoms with Crippen LogP contribution < -0.4 is 5.32 Å². The average molecular weight is 288 g/mol. The van der Waals surface area contributed by atoms with Crippen molar-refractivity contribution >= 4 is 5.69 Å². The van der Waals surface area contributed by atoms with E-state index >= 15 is 0 Å². The molecule has 112 valence electrons. The summed E-state index contributed by atoms with van der Waals surface area (Å²) in [4.78, 5) is 10.6. The summed E-state index contributed by atoms with van der Waals surface area (Å²) in [7, 11) is 0. The van der Waals surface area contributed by atoms with Crippen molar-refractivity contribution in [2.75, 3.05) is 0 Å². The van der Waals surface area contributed by atoms with Crippen LogP contribution in [0, 0.1) is 10.1 Å². The minimum absolute atomic E-state index is 0.0452. The monoisotopic (exact) mass is 288 g/mol. The maximum Gasteiger partial charge on any atom is 0.273 e. The van der Waals surface area contributed by atoms with Crippen LogP contribution in [0.5, 0.6) is 0 Å². The molecule has 0 radical (unpaired) electrons. The third kappa shape index (κ3) is 3.88. The highest BCUT2D eigenvalue weighted by Crippen LogP contribution is 2.17. The average Bonchev–Trinajstić information content (AvgIpc) is 2.88. The van der Waals surface area contributed by atoms with Gasteiger partial charge in [-0.25, -0.2) is 0 Å². The lowest BCUT2D eigenvalue weighted by molar-refractivity contribution is -0.385. The standard InChI is InChI=1S/C15H20N4O2/c1-15(2,3)18-11-12(9-17-18)8-16-10-13-6-4-5-7-14(13)19(20)21/h4-7,9,11,16H,8,10H2,1-3H3. The van der Waals surface area contributed by atoms with Crippen molar-refractivity contribution in [3.63, 3.8) is 0 Å². The molecule has 2 aromatic rings. The van der Waals surface area contributed by atoms with Crippen LogP contribution in [0.3, 0.4) is 0 Å². The van der Waals surface area contributed by atoms with Crippen LogP contribution in [0.25, 0.3) is 0 Å². The van der Waals surface area contributed by atoms with Gasteiger partial charge in [0.1, 0.15) is 0 Å². The Balaban J connectivity index is 1.96. The molecule has 0 bridgehead atoms. The van der Waals surface area contributed by atoms with E-state index in [1.54, 1.807) is 12.1 Å². The van der Waals surface area contributed by atoms with Gasteiger partial charge in [0.15, 0.2) is 0 Å². The summed E-state index contributed by atoms with van der Waals surface area (Å²) in [5, 5.41) is 18.5. The lowest BCUT2D eigenvalue weighted by atomic mass is 10.1. The first-order chi connectivity index (χ1) is 9.88. The normalized spacial score (nSPS) is 11.6. The molecule has 0 saturated heterocycles. The molecule has 6 heteroatoms. The molecule has 0 saturated carbocycles. The molecule has 1 heterocycles. The van der Waals surface area contributed by atoms with E-state index in [4.69, 9.17) is 0 Å². The fourth-order valence-corrected chi connectivity index (χ4v) is 2.00. The minimum atomic E-state index is -0.353. The molecule has 2 rings (SSSR count). The number of nitrogens with zero attached hydrogens (tertiary/aromatic N) is 3. The van der Waals surface area contributed by atoms with Gasteiger partial charge in [-0.3, -0.25) is 14.8 Å². The molecule has 1 aromatic heterocycles. The van der Waals surface area contributed by atoms with Crippen molar-refractivity contribution in [2.45, 2.75) is 39.4 Å². The number of para-hydroxylation sites is 1. The number of hydrogen-bond donors (Lipinski definition) is 1. The Hall–Kier alpha value is -2.21. The Bertz CT molecular complexity index is 629. The molecule has 1 N–H and O–H groups in total. The van der Waals surface area contributed by atoms with E-state index in [2.05, 4.69) is 31.2 Å². The lowest BCUT2D eigenvalue weighted by Gasteiger charge is -2.18. The summed E-state index contributed by atoms with van der Waals surface area (Å²) in [6.45, 7) is 7.35. The summed E-state index contributed by atoms with van der Waals surface area (Å²) in [6, 6.07) is 6.77. The summed E-state index contributed by atoms with van der Waals surface area (Å²) >= 11 is 0. The Morgan fingerprint density at radius 1 is 1.29 bits per heavy atom. The van der Waals surface area contributed by atoms with Crippen LogP contribution in [0.4, 0.5) is 5.69 Å². The molecule has 0 unspecified atom stereocenters. The van der Waals surface area contributed by atoms with Crippen molar-refractivity contribution in [1.29, 1.82) is 0 Å². The summed E-state index contributed by atoms with van der Waals surface area (Å²) in [6.07, 6.45) is 3.81. The molecule has 6 nitrogen and oxygen atoms in total. The second-order valence-corrected chi connectivity index (χ2v) is 5.95. The number of aromatic nitrogens is 2. The number of rotatable bonds is 5. The zero-order chi connectivity index (χ0) is 15.5. The highest BCUT2D eigenvalue weighted by atomic mass is 16.6. The lowest BCUT2D eigenvalue weighted by Crippen LogP contribution is -2.22. The summed E-state index contributed by atoms with van der Waals surface area (Å²) in [5.41, 5.74) is 1.85. The van der Waals surface area contributed by atoms with Gasteiger partial charge in [0.25, 0.3) is 5.69 Å². The first kappa shape index (κ1) is 15.2. The van der Waals surface area contributed by atoms with Crippen LogP contribution in [-0.2, 0) is 18.6 Å². The Labute approximate surface area is 123 Å². The topological polar surface area (TPSA) is 73.0 Å². The molecule has 0 aliphatic rings. The third-order valence-electron chi connectivity index (χ3n) is 3.16. The van der Waals surface area contributed by atoms with Crippen LogP contribution in [0.1, 0.15) is 31.9 Å². The van der Waals surface area contributed by atoms with Gasteiger partial charge < -0.3 is 5.32 Å². The number of nitro benzene ring substituents is 1. The third-order valence-corrected chi connectivity index (χ3v) is 3.16. The number of hydrogen-bond acceptors (Lipinski definition) is 4. The maximum atomic E-state index is 10.9. The van der Waals surface area contributed by atoms with Crippen molar-refractivity contribution in [2.24, 2.45) is 0 Å².